The van der Waals surface area contributed by atoms with Crippen molar-refractivity contribution in [1.29, 1.82) is 0 Å². The fourth-order valence-corrected chi connectivity index (χ4v) is 5.47. The van der Waals surface area contributed by atoms with Crippen LogP contribution in [-0.4, -0.2) is 40.7 Å². The smallest absolute Gasteiger partial charge is 0.290 e. The van der Waals surface area contributed by atoms with E-state index in [-0.39, 0.29) is 11.1 Å². The van der Waals surface area contributed by atoms with E-state index < -0.39 is 0 Å². The Labute approximate surface area is 194 Å². The Morgan fingerprint density at radius 1 is 1.19 bits per heavy atom. The maximum absolute atomic E-state index is 11.8. The van der Waals surface area contributed by atoms with Crippen LogP contribution in [0.2, 0.25) is 0 Å². The molecule has 0 atom stereocenters. The van der Waals surface area contributed by atoms with Crippen LogP contribution < -0.4 is 15.5 Å². The Morgan fingerprint density at radius 2 is 2.06 bits per heavy atom. The number of carbonyl (C=O) groups is 2. The fraction of sp³-hybridized carbons (Fsp3) is 0.304. The number of fused-ring (bicyclic) bond motifs is 1. The van der Waals surface area contributed by atoms with Crippen LogP contribution in [0.4, 0.5) is 10.7 Å². The van der Waals surface area contributed by atoms with Gasteiger partial charge in [-0.2, -0.15) is 0 Å². The number of thioether (sulfide) groups is 1. The number of thiophene rings is 1. The molecule has 2 aliphatic heterocycles. The van der Waals surface area contributed by atoms with Crippen molar-refractivity contribution >= 4 is 56.4 Å². The first-order valence-corrected chi connectivity index (χ1v) is 12.3. The predicted molar refractivity (Wildman–Crippen MR) is 130 cm³/mol. The van der Waals surface area contributed by atoms with Crippen LogP contribution in [0.3, 0.4) is 0 Å². The average Bonchev–Trinajstić information content (AvgIpc) is 3.39. The highest BCUT2D eigenvalue weighted by Crippen LogP contribution is 2.26. The third-order valence-electron chi connectivity index (χ3n) is 5.76. The Bertz CT molecular complexity index is 1180. The van der Waals surface area contributed by atoms with E-state index >= 15 is 0 Å². The van der Waals surface area contributed by atoms with Crippen LogP contribution in [-0.2, 0) is 11.3 Å². The molecule has 7 nitrogen and oxygen atoms in total. The lowest BCUT2D eigenvalue weighted by Gasteiger charge is -2.32. The van der Waals surface area contributed by atoms with Gasteiger partial charge in [0.2, 0.25) is 5.95 Å². The molecule has 2 aromatic heterocycles. The summed E-state index contributed by atoms with van der Waals surface area (Å²) in [5.74, 6) is 0.930. The highest BCUT2D eigenvalue weighted by molar-refractivity contribution is 8.18. The highest BCUT2D eigenvalue weighted by atomic mass is 32.2. The molecule has 1 aromatic carbocycles. The molecule has 2 aliphatic rings. The van der Waals surface area contributed by atoms with Gasteiger partial charge in [0, 0.05) is 30.5 Å². The molecule has 2 fully saturated rings. The fourth-order valence-electron chi connectivity index (χ4n) is 4.03. The molecule has 2 amide bonds. The zero-order valence-electron chi connectivity index (χ0n) is 17.4. The van der Waals surface area contributed by atoms with Gasteiger partial charge < -0.3 is 10.2 Å². The molecule has 0 bridgehead atoms. The normalized spacial score (nSPS) is 18.6. The second-order valence-electron chi connectivity index (χ2n) is 7.99. The van der Waals surface area contributed by atoms with Gasteiger partial charge in [-0.15, -0.1) is 11.3 Å². The first-order valence-electron chi connectivity index (χ1n) is 10.6. The van der Waals surface area contributed by atoms with Crippen molar-refractivity contribution < 1.29 is 9.59 Å². The maximum atomic E-state index is 11.8. The van der Waals surface area contributed by atoms with E-state index in [1.807, 2.05) is 0 Å². The van der Waals surface area contributed by atoms with Gasteiger partial charge in [-0.05, 0) is 83.7 Å². The molecule has 0 radical (unpaired) electrons. The van der Waals surface area contributed by atoms with Gasteiger partial charge in [0.05, 0.1) is 10.6 Å². The van der Waals surface area contributed by atoms with E-state index in [1.54, 1.807) is 29.7 Å². The minimum absolute atomic E-state index is 0.349. The second kappa shape index (κ2) is 9.40. The molecule has 5 rings (SSSR count). The van der Waals surface area contributed by atoms with Gasteiger partial charge in [-0.3, -0.25) is 14.9 Å². The maximum Gasteiger partial charge on any atom is 0.290 e. The van der Waals surface area contributed by atoms with Crippen molar-refractivity contribution in [3.63, 3.8) is 0 Å². The first kappa shape index (κ1) is 21.1. The summed E-state index contributed by atoms with van der Waals surface area (Å²) < 4.78 is 1.34. The van der Waals surface area contributed by atoms with Crippen LogP contribution in [0, 0.1) is 5.92 Å². The van der Waals surface area contributed by atoms with Crippen LogP contribution in [0.25, 0.3) is 16.2 Å². The van der Waals surface area contributed by atoms with E-state index in [1.165, 1.54) is 15.6 Å². The number of aromatic nitrogens is 2. The van der Waals surface area contributed by atoms with Crippen LogP contribution >= 0.6 is 23.1 Å². The molecular formula is C23H23N5O2S2. The number of nitrogens with zero attached hydrogens (tertiary/aromatic N) is 3. The predicted octanol–water partition coefficient (Wildman–Crippen LogP) is 4.02. The first-order chi connectivity index (χ1) is 15.6. The van der Waals surface area contributed by atoms with Crippen LogP contribution in [0.5, 0.6) is 0 Å². The molecule has 9 heteroatoms. The van der Waals surface area contributed by atoms with Gasteiger partial charge in [0.15, 0.2) is 0 Å². The van der Waals surface area contributed by atoms with Crippen molar-refractivity contribution in [2.45, 2.75) is 19.4 Å². The number of hydrogen-bond donors (Lipinski definition) is 2. The monoisotopic (exact) mass is 465 g/mol. The van der Waals surface area contributed by atoms with Crippen molar-refractivity contribution in [2.24, 2.45) is 5.92 Å². The van der Waals surface area contributed by atoms with Gasteiger partial charge in [-0.25, -0.2) is 9.97 Å². The topological polar surface area (TPSA) is 87.2 Å². The van der Waals surface area contributed by atoms with Gasteiger partial charge in [-0.1, -0.05) is 6.07 Å². The molecule has 0 aliphatic carbocycles. The molecule has 0 saturated carbocycles. The second-order valence-corrected chi connectivity index (χ2v) is 9.95. The van der Waals surface area contributed by atoms with E-state index in [4.69, 9.17) is 0 Å². The lowest BCUT2D eigenvalue weighted by atomic mass is 9.97. The minimum atomic E-state index is -0.372. The van der Waals surface area contributed by atoms with E-state index in [0.717, 1.165) is 50.8 Å². The van der Waals surface area contributed by atoms with Gasteiger partial charge >= 0.3 is 0 Å². The number of imide groups is 1. The summed E-state index contributed by atoms with van der Waals surface area (Å²) in [6, 6.07) is 10.6. The number of amides is 2. The molecule has 2 saturated heterocycles. The summed E-state index contributed by atoms with van der Waals surface area (Å²) in [6.07, 6.45) is 5.50. The number of rotatable bonds is 6. The SMILES string of the molecule is O=C1NC(=O)/C(=C/c2ccnc(N3CCC(CNCc4ccc5sccc5c4)CC3)n2)S1. The Balaban J connectivity index is 1.12. The summed E-state index contributed by atoms with van der Waals surface area (Å²) >= 11 is 2.68. The molecule has 2 N–H and O–H groups in total. The van der Waals surface area contributed by atoms with Crippen molar-refractivity contribution in [1.82, 2.24) is 20.6 Å². The number of piperidine rings is 1. The Morgan fingerprint density at radius 3 is 2.88 bits per heavy atom. The van der Waals surface area contributed by atoms with Crippen LogP contribution in [0.15, 0.2) is 46.8 Å². The summed E-state index contributed by atoms with van der Waals surface area (Å²) in [5.41, 5.74) is 1.96. The standard InChI is InChI=1S/C23H23N5O2S2/c29-21-20(32-23(30)27-21)12-18-3-7-25-22(26-18)28-8-4-15(5-9-28)13-24-14-16-1-2-19-17(11-16)6-10-31-19/h1-3,6-7,10-12,15,24H,4-5,8-9,13-14H2,(H,27,29,30)/b20-12-. The molecule has 0 unspecified atom stereocenters. The summed E-state index contributed by atoms with van der Waals surface area (Å²) in [4.78, 5) is 34.6. The van der Waals surface area contributed by atoms with E-state index in [0.29, 0.717) is 22.5 Å². The third-order valence-corrected chi connectivity index (χ3v) is 7.47. The molecular weight excluding hydrogens is 442 g/mol. The third kappa shape index (κ3) is 4.85. The molecule has 0 spiro atoms. The van der Waals surface area contributed by atoms with Gasteiger partial charge in [0.25, 0.3) is 11.1 Å². The molecule has 32 heavy (non-hydrogen) atoms. The highest BCUT2D eigenvalue weighted by Gasteiger charge is 2.25. The number of hydrogen-bond acceptors (Lipinski definition) is 8. The van der Waals surface area contributed by atoms with E-state index in [2.05, 4.69) is 55.1 Å². The quantitative estimate of drug-likeness (QED) is 0.532. The minimum Gasteiger partial charge on any atom is -0.341 e. The number of anilines is 1. The zero-order valence-corrected chi connectivity index (χ0v) is 19.0. The number of benzene rings is 1. The van der Waals surface area contributed by atoms with Crippen molar-refractivity contribution in [3.8, 4) is 0 Å². The zero-order chi connectivity index (χ0) is 21.9. The lowest BCUT2D eigenvalue weighted by Crippen LogP contribution is -2.38. The van der Waals surface area contributed by atoms with Gasteiger partial charge in [0.1, 0.15) is 0 Å². The molecule has 3 aromatic rings. The number of carbonyl (C=O) groups excluding carboxylic acids is 2. The molecule has 4 heterocycles. The van der Waals surface area contributed by atoms with Crippen molar-refractivity contribution in [3.05, 3.63) is 58.1 Å². The number of nitrogens with one attached hydrogen (secondary N) is 2. The summed E-state index contributed by atoms with van der Waals surface area (Å²) in [7, 11) is 0. The molecule has 164 valence electrons. The van der Waals surface area contributed by atoms with Crippen molar-refractivity contribution in [2.75, 3.05) is 24.5 Å². The average molecular weight is 466 g/mol. The Kier molecular flexibility index (Phi) is 6.20. The summed E-state index contributed by atoms with van der Waals surface area (Å²) in [5, 5.41) is 8.99. The van der Waals surface area contributed by atoms with E-state index in [9.17, 15) is 9.59 Å². The lowest BCUT2D eigenvalue weighted by molar-refractivity contribution is -0.115. The summed E-state index contributed by atoms with van der Waals surface area (Å²) in [6.45, 7) is 3.70. The largest absolute Gasteiger partial charge is 0.341 e. The van der Waals surface area contributed by atoms with Crippen LogP contribution in [0.1, 0.15) is 24.1 Å². The Hall–Kier alpha value is -2.75.